The molecule has 0 aromatic heterocycles. The van der Waals surface area contributed by atoms with Gasteiger partial charge in [-0.3, -0.25) is 4.79 Å². The minimum Gasteiger partial charge on any atom is -0.342 e. The number of sulfonamides is 1. The first-order valence-corrected chi connectivity index (χ1v) is 6.50. The molecule has 0 fully saturated rings. The smallest absolute Gasteiger partial charge is 0.255 e. The molecule has 1 aromatic carbocycles. The maximum Gasteiger partial charge on any atom is 0.255 e. The van der Waals surface area contributed by atoms with E-state index in [1.54, 1.807) is 6.92 Å². The van der Waals surface area contributed by atoms with E-state index in [0.717, 1.165) is 4.90 Å². The van der Waals surface area contributed by atoms with Crippen LogP contribution < -0.4 is 5.14 Å². The van der Waals surface area contributed by atoms with Crippen LogP contribution in [0.4, 0.5) is 8.78 Å². The number of nitrogens with zero attached hydrogens (tertiary/aromatic N) is 1. The Labute approximate surface area is 103 Å². The van der Waals surface area contributed by atoms with Gasteiger partial charge < -0.3 is 4.90 Å². The van der Waals surface area contributed by atoms with Crippen molar-refractivity contribution < 1.29 is 22.0 Å². The van der Waals surface area contributed by atoms with Gasteiger partial charge in [0.2, 0.25) is 10.0 Å². The second-order valence-corrected chi connectivity index (χ2v) is 5.16. The third-order valence-electron chi connectivity index (χ3n) is 2.38. The highest BCUT2D eigenvalue weighted by Crippen LogP contribution is 2.20. The lowest BCUT2D eigenvalue weighted by atomic mass is 10.2. The maximum absolute atomic E-state index is 13.1. The summed E-state index contributed by atoms with van der Waals surface area (Å²) in [6.07, 6.45) is 0. The van der Waals surface area contributed by atoms with Crippen LogP contribution in [0.1, 0.15) is 17.3 Å². The standard InChI is InChI=1S/C10H12F2N2O3S/c1-3-14(2)10(15)6-4-7(11)8(12)5-9(6)18(13,16)17/h4-5H,3H2,1-2H3,(H2,13,16,17). The summed E-state index contributed by atoms with van der Waals surface area (Å²) in [6, 6.07) is 0.935. The number of amides is 1. The molecule has 1 amide bonds. The van der Waals surface area contributed by atoms with Crippen molar-refractivity contribution in [3.8, 4) is 0 Å². The minimum absolute atomic E-state index is 0.280. The topological polar surface area (TPSA) is 80.5 Å². The molecular weight excluding hydrogens is 266 g/mol. The predicted octanol–water partition coefficient (Wildman–Crippen LogP) is 0.704. The summed E-state index contributed by atoms with van der Waals surface area (Å²) in [4.78, 5) is 12.2. The summed E-state index contributed by atoms with van der Waals surface area (Å²) < 4.78 is 48.6. The van der Waals surface area contributed by atoms with E-state index in [9.17, 15) is 22.0 Å². The van der Waals surface area contributed by atoms with Crippen LogP contribution >= 0.6 is 0 Å². The number of carbonyl (C=O) groups excluding carboxylic acids is 1. The molecule has 0 radical (unpaired) electrons. The molecule has 18 heavy (non-hydrogen) atoms. The molecule has 0 aliphatic rings. The summed E-state index contributed by atoms with van der Waals surface area (Å²) in [6.45, 7) is 1.93. The van der Waals surface area contributed by atoms with Crippen molar-refractivity contribution in [2.24, 2.45) is 5.14 Å². The van der Waals surface area contributed by atoms with Gasteiger partial charge in [-0.2, -0.15) is 0 Å². The van der Waals surface area contributed by atoms with Gasteiger partial charge >= 0.3 is 0 Å². The van der Waals surface area contributed by atoms with Crippen molar-refractivity contribution in [2.45, 2.75) is 11.8 Å². The van der Waals surface area contributed by atoms with Crippen LogP contribution in [-0.4, -0.2) is 32.8 Å². The third kappa shape index (κ3) is 2.82. The zero-order valence-electron chi connectivity index (χ0n) is 9.78. The molecule has 0 saturated carbocycles. The van der Waals surface area contributed by atoms with Gasteiger partial charge in [0, 0.05) is 13.6 Å². The minimum atomic E-state index is -4.31. The first-order chi connectivity index (χ1) is 8.18. The van der Waals surface area contributed by atoms with Crippen LogP contribution in [0.2, 0.25) is 0 Å². The van der Waals surface area contributed by atoms with Crippen LogP contribution in [0.15, 0.2) is 17.0 Å². The van der Waals surface area contributed by atoms with Crippen molar-refractivity contribution in [1.82, 2.24) is 4.90 Å². The maximum atomic E-state index is 13.1. The Kier molecular flexibility index (Phi) is 4.02. The summed E-state index contributed by atoms with van der Waals surface area (Å²) in [5.41, 5.74) is -0.485. The number of hydrogen-bond donors (Lipinski definition) is 1. The zero-order valence-corrected chi connectivity index (χ0v) is 10.6. The highest BCUT2D eigenvalue weighted by molar-refractivity contribution is 7.89. The molecule has 100 valence electrons. The molecule has 0 saturated heterocycles. The van der Waals surface area contributed by atoms with Crippen LogP contribution in [-0.2, 0) is 10.0 Å². The first kappa shape index (κ1) is 14.5. The Bertz CT molecular complexity index is 587. The van der Waals surface area contributed by atoms with Crippen LogP contribution in [0.3, 0.4) is 0 Å². The van der Waals surface area contributed by atoms with Crippen molar-refractivity contribution in [3.05, 3.63) is 29.3 Å². The Balaban J connectivity index is 3.52. The van der Waals surface area contributed by atoms with Crippen molar-refractivity contribution >= 4 is 15.9 Å². The molecule has 1 rings (SSSR count). The van der Waals surface area contributed by atoms with Crippen LogP contribution in [0, 0.1) is 11.6 Å². The fourth-order valence-corrected chi connectivity index (χ4v) is 2.00. The quantitative estimate of drug-likeness (QED) is 0.884. The van der Waals surface area contributed by atoms with E-state index in [0.29, 0.717) is 12.1 Å². The van der Waals surface area contributed by atoms with Gasteiger partial charge in [0.05, 0.1) is 10.5 Å². The van der Waals surface area contributed by atoms with E-state index in [1.807, 2.05) is 0 Å². The molecule has 0 spiro atoms. The molecule has 0 unspecified atom stereocenters. The van der Waals surface area contributed by atoms with Crippen molar-refractivity contribution in [3.63, 3.8) is 0 Å². The number of halogens is 2. The lowest BCUT2D eigenvalue weighted by Crippen LogP contribution is -2.29. The normalized spacial score (nSPS) is 11.4. The number of carbonyl (C=O) groups is 1. The fraction of sp³-hybridized carbons (Fsp3) is 0.300. The highest BCUT2D eigenvalue weighted by atomic mass is 32.2. The van der Waals surface area contributed by atoms with Crippen molar-refractivity contribution in [1.29, 1.82) is 0 Å². The Morgan fingerprint density at radius 1 is 1.33 bits per heavy atom. The molecule has 0 aliphatic carbocycles. The Hall–Kier alpha value is -1.54. The molecule has 0 heterocycles. The number of hydrogen-bond acceptors (Lipinski definition) is 3. The van der Waals surface area contributed by atoms with E-state index >= 15 is 0 Å². The molecule has 1 aromatic rings. The molecule has 0 bridgehead atoms. The van der Waals surface area contributed by atoms with Gasteiger partial charge in [-0.25, -0.2) is 22.3 Å². The zero-order chi connectivity index (χ0) is 14.1. The third-order valence-corrected chi connectivity index (χ3v) is 3.33. The van der Waals surface area contributed by atoms with Gasteiger partial charge in [0.1, 0.15) is 0 Å². The summed E-state index contributed by atoms with van der Waals surface area (Å²) in [5.74, 6) is -3.44. The average Bonchev–Trinajstić information content (AvgIpc) is 2.28. The van der Waals surface area contributed by atoms with E-state index in [4.69, 9.17) is 5.14 Å². The van der Waals surface area contributed by atoms with Crippen LogP contribution in [0.5, 0.6) is 0 Å². The van der Waals surface area contributed by atoms with Gasteiger partial charge in [-0.05, 0) is 19.1 Å². The first-order valence-electron chi connectivity index (χ1n) is 4.95. The van der Waals surface area contributed by atoms with Crippen molar-refractivity contribution in [2.75, 3.05) is 13.6 Å². The summed E-state index contributed by atoms with van der Waals surface area (Å²) >= 11 is 0. The second kappa shape index (κ2) is 4.99. The molecular formula is C10H12F2N2O3S. The molecule has 0 aliphatic heterocycles. The molecule has 2 N–H and O–H groups in total. The molecule has 0 atom stereocenters. The average molecular weight is 278 g/mol. The van der Waals surface area contributed by atoms with Crippen LogP contribution in [0.25, 0.3) is 0 Å². The SMILES string of the molecule is CCN(C)C(=O)c1cc(F)c(F)cc1S(N)(=O)=O. The Morgan fingerprint density at radius 2 is 1.83 bits per heavy atom. The predicted molar refractivity (Wildman–Crippen MR) is 60.4 cm³/mol. The Morgan fingerprint density at radius 3 is 2.28 bits per heavy atom. The number of rotatable bonds is 3. The van der Waals surface area contributed by atoms with E-state index in [-0.39, 0.29) is 6.54 Å². The van der Waals surface area contributed by atoms with Gasteiger partial charge in [0.25, 0.3) is 5.91 Å². The largest absolute Gasteiger partial charge is 0.342 e. The number of primary sulfonamides is 1. The summed E-state index contributed by atoms with van der Waals surface area (Å²) in [5, 5.41) is 4.87. The summed E-state index contributed by atoms with van der Waals surface area (Å²) in [7, 11) is -2.91. The van der Waals surface area contributed by atoms with Gasteiger partial charge in [0.15, 0.2) is 11.6 Å². The highest BCUT2D eigenvalue weighted by Gasteiger charge is 2.24. The molecule has 5 nitrogen and oxygen atoms in total. The van der Waals surface area contributed by atoms with Gasteiger partial charge in [-0.15, -0.1) is 0 Å². The number of nitrogens with two attached hydrogens (primary N) is 1. The molecule has 8 heteroatoms. The van der Waals surface area contributed by atoms with E-state index in [2.05, 4.69) is 0 Å². The number of benzene rings is 1. The lowest BCUT2D eigenvalue weighted by Gasteiger charge is -2.16. The monoisotopic (exact) mass is 278 g/mol. The second-order valence-electron chi connectivity index (χ2n) is 3.63. The van der Waals surface area contributed by atoms with E-state index in [1.165, 1.54) is 7.05 Å². The van der Waals surface area contributed by atoms with Gasteiger partial charge in [-0.1, -0.05) is 0 Å². The lowest BCUT2D eigenvalue weighted by molar-refractivity contribution is 0.0798. The fourth-order valence-electron chi connectivity index (χ4n) is 1.28. The van der Waals surface area contributed by atoms with E-state index < -0.39 is 38.0 Å².